The fourth-order valence-electron chi connectivity index (χ4n) is 1.81. The van der Waals surface area contributed by atoms with Gasteiger partial charge in [-0.3, -0.25) is 0 Å². The first-order chi connectivity index (χ1) is 7.63. The minimum absolute atomic E-state index is 0.341. The lowest BCUT2D eigenvalue weighted by Gasteiger charge is -2.33. The molecule has 6 N–H and O–H groups in total. The lowest BCUT2D eigenvalue weighted by molar-refractivity contribution is 0.259. The van der Waals surface area contributed by atoms with Gasteiger partial charge in [0.1, 0.15) is 0 Å². The van der Waals surface area contributed by atoms with E-state index in [0.29, 0.717) is 17.8 Å². The van der Waals surface area contributed by atoms with Crippen molar-refractivity contribution in [2.24, 2.45) is 11.5 Å². The Morgan fingerprint density at radius 2 is 1.75 bits per heavy atom. The molecular weight excluding hydrogens is 204 g/mol. The SMILES string of the molecule is NC(=O)Nc1ccc(NC2CC(N)C2)cc1. The van der Waals surface area contributed by atoms with Gasteiger partial charge in [-0.2, -0.15) is 0 Å². The molecule has 0 saturated heterocycles. The van der Waals surface area contributed by atoms with Gasteiger partial charge < -0.3 is 22.1 Å². The van der Waals surface area contributed by atoms with E-state index in [1.165, 1.54) is 0 Å². The van der Waals surface area contributed by atoms with Crippen LogP contribution in [0.5, 0.6) is 0 Å². The Morgan fingerprint density at radius 3 is 2.25 bits per heavy atom. The molecule has 0 bridgehead atoms. The highest BCUT2D eigenvalue weighted by Gasteiger charge is 2.25. The zero-order valence-corrected chi connectivity index (χ0v) is 8.94. The van der Waals surface area contributed by atoms with E-state index in [1.807, 2.05) is 24.3 Å². The minimum Gasteiger partial charge on any atom is -0.382 e. The van der Waals surface area contributed by atoms with E-state index in [1.54, 1.807) is 0 Å². The second-order valence-corrected chi connectivity index (χ2v) is 4.14. The van der Waals surface area contributed by atoms with E-state index in [2.05, 4.69) is 10.6 Å². The van der Waals surface area contributed by atoms with Gasteiger partial charge in [0.25, 0.3) is 0 Å². The number of anilines is 2. The second-order valence-electron chi connectivity index (χ2n) is 4.14. The van der Waals surface area contributed by atoms with Crippen LogP contribution >= 0.6 is 0 Å². The summed E-state index contributed by atoms with van der Waals surface area (Å²) in [4.78, 5) is 10.6. The average molecular weight is 220 g/mol. The number of amides is 2. The maximum absolute atomic E-state index is 10.6. The Hall–Kier alpha value is -1.75. The predicted octanol–water partition coefficient (Wildman–Crippen LogP) is 1.08. The molecule has 5 heteroatoms. The van der Waals surface area contributed by atoms with Crippen molar-refractivity contribution in [1.82, 2.24) is 0 Å². The number of nitrogens with two attached hydrogens (primary N) is 2. The summed E-state index contributed by atoms with van der Waals surface area (Å²) in [5.41, 5.74) is 12.4. The van der Waals surface area contributed by atoms with Gasteiger partial charge in [-0.25, -0.2) is 4.79 Å². The summed E-state index contributed by atoms with van der Waals surface area (Å²) in [5, 5.41) is 5.88. The third-order valence-corrected chi connectivity index (χ3v) is 2.70. The van der Waals surface area contributed by atoms with Gasteiger partial charge in [0.15, 0.2) is 0 Å². The van der Waals surface area contributed by atoms with Crippen LogP contribution in [0.4, 0.5) is 16.2 Å². The number of benzene rings is 1. The third-order valence-electron chi connectivity index (χ3n) is 2.70. The minimum atomic E-state index is -0.550. The molecule has 1 aliphatic rings. The zero-order chi connectivity index (χ0) is 11.5. The number of carbonyl (C=O) groups is 1. The Morgan fingerprint density at radius 1 is 1.19 bits per heavy atom. The van der Waals surface area contributed by atoms with Crippen LogP contribution in [0.3, 0.4) is 0 Å². The number of hydrogen-bond acceptors (Lipinski definition) is 3. The van der Waals surface area contributed by atoms with Crippen LogP contribution in [0.1, 0.15) is 12.8 Å². The number of primary amides is 1. The normalized spacial score (nSPS) is 23.3. The molecule has 1 aromatic carbocycles. The highest BCUT2D eigenvalue weighted by Crippen LogP contribution is 2.23. The van der Waals surface area contributed by atoms with Crippen molar-refractivity contribution >= 4 is 17.4 Å². The molecule has 0 heterocycles. The fourth-order valence-corrected chi connectivity index (χ4v) is 1.81. The van der Waals surface area contributed by atoms with E-state index >= 15 is 0 Å². The van der Waals surface area contributed by atoms with Crippen molar-refractivity contribution < 1.29 is 4.79 Å². The summed E-state index contributed by atoms with van der Waals surface area (Å²) in [6.45, 7) is 0. The number of hydrogen-bond donors (Lipinski definition) is 4. The topological polar surface area (TPSA) is 93.2 Å². The van der Waals surface area contributed by atoms with Crippen LogP contribution < -0.4 is 22.1 Å². The molecule has 5 nitrogen and oxygen atoms in total. The summed E-state index contributed by atoms with van der Waals surface area (Å²) in [5.74, 6) is 0. The summed E-state index contributed by atoms with van der Waals surface area (Å²) in [6, 6.07) is 7.71. The molecule has 0 spiro atoms. The molecule has 2 rings (SSSR count). The molecule has 1 aliphatic carbocycles. The molecular formula is C11H16N4O. The van der Waals surface area contributed by atoms with E-state index in [-0.39, 0.29) is 0 Å². The highest BCUT2D eigenvalue weighted by atomic mass is 16.2. The van der Waals surface area contributed by atoms with Crippen molar-refractivity contribution in [2.45, 2.75) is 24.9 Å². The van der Waals surface area contributed by atoms with E-state index < -0.39 is 6.03 Å². The summed E-state index contributed by atoms with van der Waals surface area (Å²) >= 11 is 0. The number of urea groups is 1. The first kappa shape index (κ1) is 10.8. The fraction of sp³-hybridized carbons (Fsp3) is 0.364. The maximum atomic E-state index is 10.6. The van der Waals surface area contributed by atoms with Crippen molar-refractivity contribution in [1.29, 1.82) is 0 Å². The van der Waals surface area contributed by atoms with Crippen LogP contribution in [0.2, 0.25) is 0 Å². The molecule has 86 valence electrons. The third kappa shape index (κ3) is 2.64. The number of carbonyl (C=O) groups excluding carboxylic acids is 1. The van der Waals surface area contributed by atoms with E-state index in [0.717, 1.165) is 18.5 Å². The molecule has 2 amide bonds. The average Bonchev–Trinajstić information content (AvgIpc) is 2.18. The summed E-state index contributed by atoms with van der Waals surface area (Å²) < 4.78 is 0. The van der Waals surface area contributed by atoms with Crippen LogP contribution in [0.25, 0.3) is 0 Å². The van der Waals surface area contributed by atoms with Crippen LogP contribution in [-0.2, 0) is 0 Å². The number of rotatable bonds is 3. The molecule has 1 aromatic rings. The Balaban J connectivity index is 1.89. The molecule has 0 radical (unpaired) electrons. The number of nitrogens with one attached hydrogen (secondary N) is 2. The zero-order valence-electron chi connectivity index (χ0n) is 8.94. The van der Waals surface area contributed by atoms with Crippen LogP contribution in [0.15, 0.2) is 24.3 Å². The smallest absolute Gasteiger partial charge is 0.316 e. The van der Waals surface area contributed by atoms with Gasteiger partial charge in [-0.05, 0) is 37.1 Å². The van der Waals surface area contributed by atoms with Crippen molar-refractivity contribution in [3.63, 3.8) is 0 Å². The van der Waals surface area contributed by atoms with Crippen LogP contribution in [0, 0.1) is 0 Å². The second kappa shape index (κ2) is 4.40. The van der Waals surface area contributed by atoms with Gasteiger partial charge in [0, 0.05) is 23.5 Å². The van der Waals surface area contributed by atoms with Crippen molar-refractivity contribution in [3.05, 3.63) is 24.3 Å². The van der Waals surface area contributed by atoms with Gasteiger partial charge in [-0.15, -0.1) is 0 Å². The van der Waals surface area contributed by atoms with Gasteiger partial charge in [0.2, 0.25) is 0 Å². The molecule has 0 unspecified atom stereocenters. The molecule has 1 fully saturated rings. The Kier molecular flexibility index (Phi) is 2.96. The van der Waals surface area contributed by atoms with E-state index in [4.69, 9.17) is 11.5 Å². The quantitative estimate of drug-likeness (QED) is 0.614. The van der Waals surface area contributed by atoms with Gasteiger partial charge in [-0.1, -0.05) is 0 Å². The monoisotopic (exact) mass is 220 g/mol. The lowest BCUT2D eigenvalue weighted by atomic mass is 9.87. The Bertz CT molecular complexity index is 370. The Labute approximate surface area is 94.2 Å². The lowest BCUT2D eigenvalue weighted by Crippen LogP contribution is -2.44. The first-order valence-corrected chi connectivity index (χ1v) is 5.32. The summed E-state index contributed by atoms with van der Waals surface area (Å²) in [7, 11) is 0. The standard InChI is InChI=1S/C11H16N4O/c12-7-5-10(6-7)14-8-1-3-9(4-2-8)15-11(13)16/h1-4,7,10,14H,5-6,12H2,(H3,13,15,16). The molecule has 16 heavy (non-hydrogen) atoms. The van der Waals surface area contributed by atoms with Crippen molar-refractivity contribution in [2.75, 3.05) is 10.6 Å². The maximum Gasteiger partial charge on any atom is 0.316 e. The largest absolute Gasteiger partial charge is 0.382 e. The molecule has 0 aromatic heterocycles. The molecule has 0 atom stereocenters. The predicted molar refractivity (Wildman–Crippen MR) is 64.3 cm³/mol. The van der Waals surface area contributed by atoms with Gasteiger partial charge in [0.05, 0.1) is 0 Å². The van der Waals surface area contributed by atoms with E-state index in [9.17, 15) is 4.79 Å². The highest BCUT2D eigenvalue weighted by molar-refractivity contribution is 5.87. The summed E-state index contributed by atoms with van der Waals surface area (Å²) in [6.07, 6.45) is 2.03. The van der Waals surface area contributed by atoms with Gasteiger partial charge >= 0.3 is 6.03 Å². The first-order valence-electron chi connectivity index (χ1n) is 5.32. The van der Waals surface area contributed by atoms with Crippen molar-refractivity contribution in [3.8, 4) is 0 Å². The van der Waals surface area contributed by atoms with Crippen LogP contribution in [-0.4, -0.2) is 18.1 Å². The molecule has 1 saturated carbocycles. The molecule has 0 aliphatic heterocycles.